The van der Waals surface area contributed by atoms with Gasteiger partial charge >= 0.3 is 0 Å². The molecule has 0 amide bonds. The van der Waals surface area contributed by atoms with Crippen molar-refractivity contribution < 1.29 is 4.74 Å². The Morgan fingerprint density at radius 1 is 1.50 bits per heavy atom. The minimum absolute atomic E-state index is 0.0435. The molecular formula is C12H17ClN2O. The van der Waals surface area contributed by atoms with Crippen LogP contribution >= 0.6 is 11.6 Å². The van der Waals surface area contributed by atoms with Crippen LogP contribution in [0.15, 0.2) is 18.3 Å². The highest BCUT2D eigenvalue weighted by atomic mass is 35.5. The molecule has 1 saturated heterocycles. The average Bonchev–Trinajstić information content (AvgIpc) is 2.20. The molecule has 3 nitrogen and oxygen atoms in total. The molecule has 0 unspecified atom stereocenters. The number of morpholine rings is 1. The van der Waals surface area contributed by atoms with Gasteiger partial charge in [0.05, 0.1) is 12.2 Å². The molecule has 2 heterocycles. The number of rotatable bonds is 2. The summed E-state index contributed by atoms with van der Waals surface area (Å²) in [7, 11) is 0. The van der Waals surface area contributed by atoms with Gasteiger partial charge < -0.3 is 4.74 Å². The zero-order valence-corrected chi connectivity index (χ0v) is 10.5. The minimum atomic E-state index is -0.0435. The van der Waals surface area contributed by atoms with Crippen LogP contribution in [-0.2, 0) is 11.3 Å². The van der Waals surface area contributed by atoms with Crippen molar-refractivity contribution in [3.8, 4) is 0 Å². The Bertz CT molecular complexity index is 351. The van der Waals surface area contributed by atoms with Gasteiger partial charge in [-0.1, -0.05) is 17.7 Å². The van der Waals surface area contributed by atoms with Crippen molar-refractivity contribution in [2.75, 3.05) is 19.7 Å². The SMILES string of the molecule is CC1(C)CN(Cc2ccc(Cl)nc2)CCO1. The lowest BCUT2D eigenvalue weighted by atomic mass is 10.1. The molecule has 0 spiro atoms. The number of halogens is 1. The first-order valence-corrected chi connectivity index (χ1v) is 5.90. The predicted octanol–water partition coefficient (Wildman–Crippen LogP) is 2.35. The summed E-state index contributed by atoms with van der Waals surface area (Å²) < 4.78 is 5.67. The Balaban J connectivity index is 1.97. The normalized spacial score (nSPS) is 20.9. The Kier molecular flexibility index (Phi) is 3.47. The molecule has 2 rings (SSSR count). The van der Waals surface area contributed by atoms with Crippen molar-refractivity contribution in [3.63, 3.8) is 0 Å². The van der Waals surface area contributed by atoms with E-state index in [0.717, 1.165) is 26.2 Å². The molecule has 1 fully saturated rings. The van der Waals surface area contributed by atoms with Crippen LogP contribution in [0.4, 0.5) is 0 Å². The lowest BCUT2D eigenvalue weighted by Gasteiger charge is -2.38. The Morgan fingerprint density at radius 3 is 2.94 bits per heavy atom. The fraction of sp³-hybridized carbons (Fsp3) is 0.583. The van der Waals surface area contributed by atoms with E-state index in [9.17, 15) is 0 Å². The van der Waals surface area contributed by atoms with E-state index in [-0.39, 0.29) is 5.60 Å². The maximum Gasteiger partial charge on any atom is 0.129 e. The van der Waals surface area contributed by atoms with Crippen LogP contribution in [0.25, 0.3) is 0 Å². The fourth-order valence-corrected chi connectivity index (χ4v) is 2.12. The molecule has 0 radical (unpaired) electrons. The highest BCUT2D eigenvalue weighted by Crippen LogP contribution is 2.18. The third kappa shape index (κ3) is 3.17. The van der Waals surface area contributed by atoms with Crippen molar-refractivity contribution in [2.45, 2.75) is 26.0 Å². The Morgan fingerprint density at radius 2 is 2.31 bits per heavy atom. The molecule has 0 aromatic carbocycles. The van der Waals surface area contributed by atoms with E-state index in [1.165, 1.54) is 5.56 Å². The highest BCUT2D eigenvalue weighted by molar-refractivity contribution is 6.29. The molecule has 0 bridgehead atoms. The third-order valence-corrected chi connectivity index (χ3v) is 2.92. The molecule has 1 aromatic heterocycles. The first-order chi connectivity index (χ1) is 7.55. The second kappa shape index (κ2) is 4.70. The molecule has 88 valence electrons. The summed E-state index contributed by atoms with van der Waals surface area (Å²) in [5, 5.41) is 0.547. The molecule has 0 saturated carbocycles. The highest BCUT2D eigenvalue weighted by Gasteiger charge is 2.26. The summed E-state index contributed by atoms with van der Waals surface area (Å²) in [4.78, 5) is 6.47. The van der Waals surface area contributed by atoms with Gasteiger partial charge in [-0.05, 0) is 25.5 Å². The lowest BCUT2D eigenvalue weighted by molar-refractivity contribution is -0.0882. The average molecular weight is 241 g/mol. The van der Waals surface area contributed by atoms with E-state index < -0.39 is 0 Å². The smallest absolute Gasteiger partial charge is 0.129 e. The molecule has 1 aliphatic heterocycles. The van der Waals surface area contributed by atoms with Crippen molar-refractivity contribution >= 4 is 11.6 Å². The van der Waals surface area contributed by atoms with Gasteiger partial charge in [0.2, 0.25) is 0 Å². The maximum absolute atomic E-state index is 5.76. The number of hydrogen-bond donors (Lipinski definition) is 0. The molecule has 16 heavy (non-hydrogen) atoms. The van der Waals surface area contributed by atoms with Crippen molar-refractivity contribution in [3.05, 3.63) is 29.0 Å². The maximum atomic E-state index is 5.76. The first kappa shape index (κ1) is 11.8. The zero-order valence-electron chi connectivity index (χ0n) is 9.74. The van der Waals surface area contributed by atoms with Gasteiger partial charge in [-0.2, -0.15) is 0 Å². The van der Waals surface area contributed by atoms with E-state index >= 15 is 0 Å². The predicted molar refractivity (Wildman–Crippen MR) is 64.6 cm³/mol. The number of ether oxygens (including phenoxy) is 1. The van der Waals surface area contributed by atoms with Crippen LogP contribution in [0, 0.1) is 0 Å². The summed E-state index contributed by atoms with van der Waals surface area (Å²) in [6.07, 6.45) is 1.84. The third-order valence-electron chi connectivity index (χ3n) is 2.70. The first-order valence-electron chi connectivity index (χ1n) is 5.52. The largest absolute Gasteiger partial charge is 0.373 e. The van der Waals surface area contributed by atoms with Crippen LogP contribution in [-0.4, -0.2) is 35.2 Å². The van der Waals surface area contributed by atoms with E-state index in [2.05, 4.69) is 23.7 Å². The van der Waals surface area contributed by atoms with Crippen LogP contribution in [0.1, 0.15) is 19.4 Å². The summed E-state index contributed by atoms with van der Waals surface area (Å²) in [5.74, 6) is 0. The van der Waals surface area contributed by atoms with Crippen molar-refractivity contribution in [1.82, 2.24) is 9.88 Å². The standard InChI is InChI=1S/C12H17ClN2O/c1-12(2)9-15(5-6-16-12)8-10-3-4-11(13)14-7-10/h3-4,7H,5-6,8-9H2,1-2H3. The van der Waals surface area contributed by atoms with Gasteiger partial charge in [-0.25, -0.2) is 4.98 Å². The Hall–Kier alpha value is -0.640. The molecule has 1 aromatic rings. The zero-order chi connectivity index (χ0) is 11.6. The van der Waals surface area contributed by atoms with Gasteiger partial charge in [-0.15, -0.1) is 0 Å². The lowest BCUT2D eigenvalue weighted by Crippen LogP contribution is -2.47. The second-order valence-corrected chi connectivity index (χ2v) is 5.20. The van der Waals surface area contributed by atoms with Gasteiger partial charge in [-0.3, -0.25) is 4.90 Å². The van der Waals surface area contributed by atoms with E-state index in [1.54, 1.807) is 0 Å². The van der Waals surface area contributed by atoms with Crippen molar-refractivity contribution in [2.24, 2.45) is 0 Å². The quantitative estimate of drug-likeness (QED) is 0.742. The van der Waals surface area contributed by atoms with Crippen LogP contribution < -0.4 is 0 Å². The van der Waals surface area contributed by atoms with Gasteiger partial charge in [0.15, 0.2) is 0 Å². The molecular weight excluding hydrogens is 224 g/mol. The van der Waals surface area contributed by atoms with E-state index in [1.807, 2.05) is 18.3 Å². The molecule has 0 aliphatic carbocycles. The van der Waals surface area contributed by atoms with Crippen molar-refractivity contribution in [1.29, 1.82) is 0 Å². The fourth-order valence-electron chi connectivity index (χ4n) is 2.01. The second-order valence-electron chi connectivity index (χ2n) is 4.81. The number of pyridine rings is 1. The van der Waals surface area contributed by atoms with Gasteiger partial charge in [0.1, 0.15) is 5.15 Å². The van der Waals surface area contributed by atoms with Gasteiger partial charge in [0.25, 0.3) is 0 Å². The summed E-state index contributed by atoms with van der Waals surface area (Å²) in [6, 6.07) is 3.86. The Labute approximate surface area is 101 Å². The monoisotopic (exact) mass is 240 g/mol. The molecule has 0 N–H and O–H groups in total. The van der Waals surface area contributed by atoms with Gasteiger partial charge in [0, 0.05) is 25.8 Å². The number of hydrogen-bond acceptors (Lipinski definition) is 3. The van der Waals surface area contributed by atoms with E-state index in [4.69, 9.17) is 16.3 Å². The molecule has 0 atom stereocenters. The summed E-state index contributed by atoms with van der Waals surface area (Å²) in [6.45, 7) is 7.89. The van der Waals surface area contributed by atoms with Crippen LogP contribution in [0.3, 0.4) is 0 Å². The summed E-state index contributed by atoms with van der Waals surface area (Å²) >= 11 is 5.76. The van der Waals surface area contributed by atoms with Crippen LogP contribution in [0.5, 0.6) is 0 Å². The minimum Gasteiger partial charge on any atom is -0.373 e. The van der Waals surface area contributed by atoms with E-state index in [0.29, 0.717) is 5.15 Å². The topological polar surface area (TPSA) is 25.4 Å². The molecule has 1 aliphatic rings. The van der Waals surface area contributed by atoms with Crippen LogP contribution in [0.2, 0.25) is 5.15 Å². The number of aromatic nitrogens is 1. The summed E-state index contributed by atoms with van der Waals surface area (Å²) in [5.41, 5.74) is 1.15. The number of nitrogens with zero attached hydrogens (tertiary/aromatic N) is 2. The molecule has 4 heteroatoms.